The van der Waals surface area contributed by atoms with E-state index in [1.54, 1.807) is 6.92 Å². The highest BCUT2D eigenvalue weighted by molar-refractivity contribution is 7.89. The van der Waals surface area contributed by atoms with Gasteiger partial charge in [0.1, 0.15) is 18.2 Å². The molecule has 0 saturated heterocycles. The molecular formula is C16H18FNO3S. The molecular weight excluding hydrogens is 305 g/mol. The van der Waals surface area contributed by atoms with Gasteiger partial charge in [-0.1, -0.05) is 30.3 Å². The van der Waals surface area contributed by atoms with Crippen molar-refractivity contribution in [2.24, 2.45) is 0 Å². The van der Waals surface area contributed by atoms with E-state index in [2.05, 4.69) is 4.72 Å². The van der Waals surface area contributed by atoms with E-state index >= 15 is 0 Å². The van der Waals surface area contributed by atoms with Crippen LogP contribution in [0.1, 0.15) is 18.5 Å². The fourth-order valence-corrected chi connectivity index (χ4v) is 3.03. The van der Waals surface area contributed by atoms with Crippen LogP contribution in [-0.2, 0) is 10.0 Å². The zero-order valence-electron chi connectivity index (χ0n) is 12.2. The Hall–Kier alpha value is -1.92. The Bertz CT molecular complexity index is 687. The average Bonchev–Trinajstić information content (AvgIpc) is 2.49. The van der Waals surface area contributed by atoms with Crippen molar-refractivity contribution in [2.75, 3.05) is 12.4 Å². The van der Waals surface area contributed by atoms with Crippen LogP contribution in [0.15, 0.2) is 54.6 Å². The predicted octanol–water partition coefficient (Wildman–Crippen LogP) is 2.89. The Morgan fingerprint density at radius 1 is 1.09 bits per heavy atom. The standard InChI is InChI=1S/C16H18FNO3S/c1-13(14-5-3-2-4-6-14)18-22(19,20)12-11-21-16-9-7-15(17)8-10-16/h2-10,13,18H,11-12H2,1H3. The molecule has 0 aliphatic carbocycles. The first-order valence-electron chi connectivity index (χ1n) is 6.89. The van der Waals surface area contributed by atoms with Crippen molar-refractivity contribution < 1.29 is 17.5 Å². The van der Waals surface area contributed by atoms with Crippen molar-refractivity contribution in [3.05, 3.63) is 66.0 Å². The quantitative estimate of drug-likeness (QED) is 0.852. The molecule has 2 aromatic carbocycles. The second-order valence-electron chi connectivity index (χ2n) is 4.87. The van der Waals surface area contributed by atoms with Crippen LogP contribution in [0.5, 0.6) is 5.75 Å². The van der Waals surface area contributed by atoms with Crippen LogP contribution in [0.3, 0.4) is 0 Å². The van der Waals surface area contributed by atoms with E-state index in [1.807, 2.05) is 30.3 Å². The second-order valence-corrected chi connectivity index (χ2v) is 6.74. The number of rotatable bonds is 7. The van der Waals surface area contributed by atoms with E-state index in [-0.39, 0.29) is 24.2 Å². The van der Waals surface area contributed by atoms with Crippen LogP contribution in [-0.4, -0.2) is 20.8 Å². The van der Waals surface area contributed by atoms with Gasteiger partial charge in [-0.15, -0.1) is 0 Å². The largest absolute Gasteiger partial charge is 0.492 e. The Morgan fingerprint density at radius 3 is 2.36 bits per heavy atom. The average molecular weight is 323 g/mol. The van der Waals surface area contributed by atoms with Crippen LogP contribution in [0.2, 0.25) is 0 Å². The van der Waals surface area contributed by atoms with E-state index in [0.717, 1.165) is 5.56 Å². The zero-order valence-corrected chi connectivity index (χ0v) is 13.0. The van der Waals surface area contributed by atoms with Crippen LogP contribution >= 0.6 is 0 Å². The third kappa shape index (κ3) is 5.13. The molecule has 6 heteroatoms. The molecule has 4 nitrogen and oxygen atoms in total. The summed E-state index contributed by atoms with van der Waals surface area (Å²) >= 11 is 0. The van der Waals surface area contributed by atoms with E-state index in [1.165, 1.54) is 24.3 Å². The maximum Gasteiger partial charge on any atom is 0.215 e. The molecule has 0 fully saturated rings. The minimum absolute atomic E-state index is 0.00246. The van der Waals surface area contributed by atoms with Crippen LogP contribution in [0, 0.1) is 5.82 Å². The highest BCUT2D eigenvalue weighted by Crippen LogP contribution is 2.13. The highest BCUT2D eigenvalue weighted by Gasteiger charge is 2.15. The van der Waals surface area contributed by atoms with Gasteiger partial charge < -0.3 is 4.74 Å². The van der Waals surface area contributed by atoms with Crippen LogP contribution < -0.4 is 9.46 Å². The van der Waals surface area contributed by atoms with Crippen molar-refractivity contribution in [1.29, 1.82) is 0 Å². The van der Waals surface area contributed by atoms with Crippen LogP contribution in [0.25, 0.3) is 0 Å². The lowest BCUT2D eigenvalue weighted by atomic mass is 10.1. The fourth-order valence-electron chi connectivity index (χ4n) is 1.94. The summed E-state index contributed by atoms with van der Waals surface area (Å²) in [5, 5.41) is 0. The summed E-state index contributed by atoms with van der Waals surface area (Å²) in [5.74, 6) is -0.0901. The van der Waals surface area contributed by atoms with Gasteiger partial charge >= 0.3 is 0 Å². The molecule has 2 rings (SSSR count). The molecule has 1 N–H and O–H groups in total. The van der Waals surface area contributed by atoms with E-state index in [4.69, 9.17) is 4.74 Å². The second kappa shape index (κ2) is 7.38. The maximum absolute atomic E-state index is 12.7. The third-order valence-corrected chi connectivity index (χ3v) is 4.51. The van der Waals surface area contributed by atoms with Gasteiger partial charge in [-0.05, 0) is 36.8 Å². The molecule has 0 bridgehead atoms. The van der Waals surface area contributed by atoms with Gasteiger partial charge in [-0.3, -0.25) is 0 Å². The summed E-state index contributed by atoms with van der Waals surface area (Å²) in [4.78, 5) is 0. The summed E-state index contributed by atoms with van der Waals surface area (Å²) < 4.78 is 44.7. The third-order valence-electron chi connectivity index (χ3n) is 3.09. The topological polar surface area (TPSA) is 55.4 Å². The number of sulfonamides is 1. The maximum atomic E-state index is 12.7. The molecule has 22 heavy (non-hydrogen) atoms. The minimum atomic E-state index is -3.46. The molecule has 2 aromatic rings. The van der Waals surface area contributed by atoms with Gasteiger partial charge in [0, 0.05) is 6.04 Å². The Kier molecular flexibility index (Phi) is 5.51. The monoisotopic (exact) mass is 323 g/mol. The first-order valence-corrected chi connectivity index (χ1v) is 8.55. The van der Waals surface area contributed by atoms with Crippen molar-refractivity contribution >= 4 is 10.0 Å². The van der Waals surface area contributed by atoms with Crippen LogP contribution in [0.4, 0.5) is 4.39 Å². The van der Waals surface area contributed by atoms with Gasteiger partial charge in [0.2, 0.25) is 10.0 Å². The van der Waals surface area contributed by atoms with Crippen molar-refractivity contribution in [3.8, 4) is 5.75 Å². The summed E-state index contributed by atoms with van der Waals surface area (Å²) in [6, 6.07) is 14.5. The van der Waals surface area contributed by atoms with E-state index < -0.39 is 10.0 Å². The van der Waals surface area contributed by atoms with Gasteiger partial charge in [0.05, 0.1) is 5.75 Å². The van der Waals surface area contributed by atoms with E-state index in [9.17, 15) is 12.8 Å². The Morgan fingerprint density at radius 2 is 1.73 bits per heavy atom. The molecule has 0 aromatic heterocycles. The smallest absolute Gasteiger partial charge is 0.215 e. The molecule has 118 valence electrons. The summed E-state index contributed by atoms with van der Waals surface area (Å²) in [6.45, 7) is 1.79. The molecule has 0 spiro atoms. The number of hydrogen-bond donors (Lipinski definition) is 1. The number of nitrogens with one attached hydrogen (secondary N) is 1. The zero-order chi connectivity index (χ0) is 16.0. The lowest BCUT2D eigenvalue weighted by Crippen LogP contribution is -2.31. The highest BCUT2D eigenvalue weighted by atomic mass is 32.2. The molecule has 1 unspecified atom stereocenters. The van der Waals surface area contributed by atoms with Gasteiger partial charge in [-0.25, -0.2) is 17.5 Å². The normalized spacial score (nSPS) is 12.8. The number of hydrogen-bond acceptors (Lipinski definition) is 3. The van der Waals surface area contributed by atoms with Gasteiger partial charge in [-0.2, -0.15) is 0 Å². The van der Waals surface area contributed by atoms with Gasteiger partial charge in [0.25, 0.3) is 0 Å². The molecule has 1 atom stereocenters. The predicted molar refractivity (Wildman–Crippen MR) is 83.7 cm³/mol. The number of halogens is 1. The molecule has 0 aliphatic heterocycles. The fraction of sp³-hybridized carbons (Fsp3) is 0.250. The van der Waals surface area contributed by atoms with Crippen molar-refractivity contribution in [1.82, 2.24) is 4.72 Å². The Labute approximate surface area is 130 Å². The summed E-state index contributed by atoms with van der Waals surface area (Å²) in [7, 11) is -3.46. The molecule has 0 saturated carbocycles. The van der Waals surface area contributed by atoms with Gasteiger partial charge in [0.15, 0.2) is 0 Å². The molecule has 0 heterocycles. The van der Waals surface area contributed by atoms with Crippen molar-refractivity contribution in [2.45, 2.75) is 13.0 Å². The Balaban J connectivity index is 1.84. The van der Waals surface area contributed by atoms with Crippen molar-refractivity contribution in [3.63, 3.8) is 0 Å². The summed E-state index contributed by atoms with van der Waals surface area (Å²) in [5.41, 5.74) is 0.894. The number of ether oxygens (including phenoxy) is 1. The first kappa shape index (κ1) is 16.5. The summed E-state index contributed by atoms with van der Waals surface area (Å²) in [6.07, 6.45) is 0. The lowest BCUT2D eigenvalue weighted by molar-refractivity contribution is 0.339. The van der Waals surface area contributed by atoms with E-state index in [0.29, 0.717) is 5.75 Å². The minimum Gasteiger partial charge on any atom is -0.492 e. The number of benzene rings is 2. The lowest BCUT2D eigenvalue weighted by Gasteiger charge is -2.14. The molecule has 0 aliphatic rings. The molecule has 0 amide bonds. The SMILES string of the molecule is CC(NS(=O)(=O)CCOc1ccc(F)cc1)c1ccccc1. The molecule has 0 radical (unpaired) electrons. The first-order chi connectivity index (χ1) is 10.5.